The smallest absolute Gasteiger partial charge is 0.227 e. The molecule has 0 radical (unpaired) electrons. The lowest BCUT2D eigenvalue weighted by Crippen LogP contribution is -2.29. The van der Waals surface area contributed by atoms with Gasteiger partial charge < -0.3 is 15.5 Å². The third kappa shape index (κ3) is 3.48. The number of carbonyl (C=O) groups is 1. The molecule has 6 heteroatoms. The van der Waals surface area contributed by atoms with Gasteiger partial charge in [0, 0.05) is 17.2 Å². The molecule has 0 spiro atoms. The Bertz CT molecular complexity index is 598. The van der Waals surface area contributed by atoms with Crippen molar-refractivity contribution in [2.75, 3.05) is 11.9 Å². The van der Waals surface area contributed by atoms with E-state index in [1.54, 1.807) is 6.20 Å². The Balaban J connectivity index is 0.00000176. The van der Waals surface area contributed by atoms with Crippen LogP contribution in [0, 0.1) is 11.8 Å². The van der Waals surface area contributed by atoms with Crippen LogP contribution in [0.4, 0.5) is 5.69 Å². The van der Waals surface area contributed by atoms with Gasteiger partial charge in [-0.1, -0.05) is 6.42 Å². The van der Waals surface area contributed by atoms with Gasteiger partial charge in [-0.2, -0.15) is 0 Å². The lowest BCUT2D eigenvalue weighted by molar-refractivity contribution is -0.120. The summed E-state index contributed by atoms with van der Waals surface area (Å²) in [5, 5.41) is 2.98. The predicted octanol–water partition coefficient (Wildman–Crippen LogP) is 3.08. The summed E-state index contributed by atoms with van der Waals surface area (Å²) in [4.78, 5) is 16.2. The van der Waals surface area contributed by atoms with Crippen LogP contribution in [-0.2, 0) is 4.79 Å². The van der Waals surface area contributed by atoms with E-state index < -0.39 is 0 Å². The van der Waals surface area contributed by atoms with Gasteiger partial charge in [0.15, 0.2) is 12.2 Å². The van der Waals surface area contributed by atoms with Crippen LogP contribution >= 0.6 is 12.4 Å². The molecule has 1 amide bonds. The number of nitrogens with two attached hydrogens (primary N) is 1. The minimum Gasteiger partial charge on any atom is -0.444 e. The standard InChI is InChI=1S/C16H19N3O2.ClH/c17-8-12-2-1-3-14(12)16(20)19-13-6-4-11(5-7-13)15-9-18-10-21-15;/h4-7,9-10,12,14H,1-3,8,17H2,(H,19,20);1H/t12-,14-;/m1./s1. The van der Waals surface area contributed by atoms with E-state index in [2.05, 4.69) is 10.3 Å². The average molecular weight is 322 g/mol. The summed E-state index contributed by atoms with van der Waals surface area (Å²) >= 11 is 0. The number of hydrogen-bond acceptors (Lipinski definition) is 4. The fourth-order valence-electron chi connectivity index (χ4n) is 2.98. The number of anilines is 1. The Morgan fingerprint density at radius 3 is 2.73 bits per heavy atom. The van der Waals surface area contributed by atoms with Crippen LogP contribution < -0.4 is 11.1 Å². The van der Waals surface area contributed by atoms with Gasteiger partial charge in [0.05, 0.1) is 6.20 Å². The molecule has 0 bridgehead atoms. The number of nitrogens with zero attached hydrogens (tertiary/aromatic N) is 1. The van der Waals surface area contributed by atoms with E-state index in [1.807, 2.05) is 24.3 Å². The van der Waals surface area contributed by atoms with Gasteiger partial charge in [0.25, 0.3) is 0 Å². The second kappa shape index (κ2) is 7.42. The lowest BCUT2D eigenvalue weighted by atomic mass is 9.95. The van der Waals surface area contributed by atoms with Crippen LogP contribution in [0.3, 0.4) is 0 Å². The fourth-order valence-corrected chi connectivity index (χ4v) is 2.98. The van der Waals surface area contributed by atoms with Crippen molar-refractivity contribution in [3.05, 3.63) is 36.9 Å². The van der Waals surface area contributed by atoms with Crippen LogP contribution in [0.1, 0.15) is 19.3 Å². The zero-order chi connectivity index (χ0) is 14.7. The SMILES string of the molecule is Cl.NC[C@H]1CCC[C@H]1C(=O)Nc1ccc(-c2cnco2)cc1. The van der Waals surface area contributed by atoms with E-state index in [0.717, 1.165) is 30.5 Å². The van der Waals surface area contributed by atoms with E-state index in [4.69, 9.17) is 10.2 Å². The summed E-state index contributed by atoms with van der Waals surface area (Å²) in [6.07, 6.45) is 6.14. The first-order chi connectivity index (χ1) is 10.3. The number of amides is 1. The molecule has 5 nitrogen and oxygen atoms in total. The fraction of sp³-hybridized carbons (Fsp3) is 0.375. The molecular weight excluding hydrogens is 302 g/mol. The Hall–Kier alpha value is -1.85. The van der Waals surface area contributed by atoms with E-state index in [9.17, 15) is 4.79 Å². The largest absolute Gasteiger partial charge is 0.444 e. The van der Waals surface area contributed by atoms with Crippen LogP contribution in [0.5, 0.6) is 0 Å². The van der Waals surface area contributed by atoms with Crippen molar-refractivity contribution >= 4 is 24.0 Å². The molecule has 2 atom stereocenters. The van der Waals surface area contributed by atoms with Gasteiger partial charge in [-0.25, -0.2) is 4.98 Å². The Morgan fingerprint density at radius 1 is 1.32 bits per heavy atom. The van der Waals surface area contributed by atoms with Crippen LogP contribution in [-0.4, -0.2) is 17.4 Å². The molecule has 0 aliphatic heterocycles. The summed E-state index contributed by atoms with van der Waals surface area (Å²) in [6.45, 7) is 0.586. The quantitative estimate of drug-likeness (QED) is 0.906. The second-order valence-electron chi connectivity index (χ2n) is 5.47. The predicted molar refractivity (Wildman–Crippen MR) is 87.7 cm³/mol. The molecule has 1 aliphatic rings. The summed E-state index contributed by atoms with van der Waals surface area (Å²) in [5.74, 6) is 1.16. The number of aromatic nitrogens is 1. The van der Waals surface area contributed by atoms with Crippen molar-refractivity contribution < 1.29 is 9.21 Å². The Labute approximate surface area is 135 Å². The maximum absolute atomic E-state index is 12.3. The molecule has 1 aromatic heterocycles. The first-order valence-electron chi connectivity index (χ1n) is 7.28. The number of carbonyl (C=O) groups excluding carboxylic acids is 1. The molecule has 1 fully saturated rings. The average Bonchev–Trinajstić information content (AvgIpc) is 3.19. The normalized spacial score (nSPS) is 20.4. The molecule has 1 heterocycles. The van der Waals surface area contributed by atoms with Crippen molar-refractivity contribution in [1.82, 2.24) is 4.98 Å². The number of hydrogen-bond donors (Lipinski definition) is 2. The van der Waals surface area contributed by atoms with E-state index in [0.29, 0.717) is 18.2 Å². The number of halogens is 1. The summed E-state index contributed by atoms with van der Waals surface area (Å²) in [6, 6.07) is 7.57. The molecule has 3 N–H and O–H groups in total. The lowest BCUT2D eigenvalue weighted by Gasteiger charge is -2.17. The summed E-state index contributed by atoms with van der Waals surface area (Å²) in [7, 11) is 0. The van der Waals surface area contributed by atoms with Gasteiger partial charge >= 0.3 is 0 Å². The van der Waals surface area contributed by atoms with Gasteiger partial charge in [0.1, 0.15) is 0 Å². The topological polar surface area (TPSA) is 81.2 Å². The maximum atomic E-state index is 12.3. The highest BCUT2D eigenvalue weighted by atomic mass is 35.5. The first kappa shape index (κ1) is 16.5. The third-order valence-corrected chi connectivity index (χ3v) is 4.17. The highest BCUT2D eigenvalue weighted by molar-refractivity contribution is 5.93. The Morgan fingerprint density at radius 2 is 2.09 bits per heavy atom. The first-order valence-corrected chi connectivity index (χ1v) is 7.28. The van der Waals surface area contributed by atoms with E-state index in [1.165, 1.54) is 6.39 Å². The van der Waals surface area contributed by atoms with E-state index >= 15 is 0 Å². The molecule has 1 aromatic carbocycles. The van der Waals surface area contributed by atoms with Crippen LogP contribution in [0.2, 0.25) is 0 Å². The minimum absolute atomic E-state index is 0. The van der Waals surface area contributed by atoms with Crippen molar-refractivity contribution in [3.63, 3.8) is 0 Å². The molecule has 22 heavy (non-hydrogen) atoms. The van der Waals surface area contributed by atoms with Gasteiger partial charge in [-0.15, -0.1) is 12.4 Å². The highest BCUT2D eigenvalue weighted by Crippen LogP contribution is 2.32. The van der Waals surface area contributed by atoms with Crippen molar-refractivity contribution in [2.45, 2.75) is 19.3 Å². The maximum Gasteiger partial charge on any atom is 0.227 e. The molecule has 3 rings (SSSR count). The molecule has 1 saturated carbocycles. The number of benzene rings is 1. The number of rotatable bonds is 4. The second-order valence-corrected chi connectivity index (χ2v) is 5.47. The number of nitrogens with one attached hydrogen (secondary N) is 1. The van der Waals surface area contributed by atoms with Gasteiger partial charge in [-0.05, 0) is 49.6 Å². The van der Waals surface area contributed by atoms with Crippen LogP contribution in [0.15, 0.2) is 41.3 Å². The molecule has 0 saturated heterocycles. The van der Waals surface area contributed by atoms with E-state index in [-0.39, 0.29) is 24.2 Å². The zero-order valence-electron chi connectivity index (χ0n) is 12.2. The number of oxazole rings is 1. The summed E-state index contributed by atoms with van der Waals surface area (Å²) in [5.41, 5.74) is 7.47. The van der Waals surface area contributed by atoms with Crippen molar-refractivity contribution in [2.24, 2.45) is 17.6 Å². The Kier molecular flexibility index (Phi) is 5.57. The molecule has 0 unspecified atom stereocenters. The zero-order valence-corrected chi connectivity index (χ0v) is 13.0. The van der Waals surface area contributed by atoms with Crippen molar-refractivity contribution in [3.8, 4) is 11.3 Å². The monoisotopic (exact) mass is 321 g/mol. The molecular formula is C16H20ClN3O2. The van der Waals surface area contributed by atoms with Crippen LogP contribution in [0.25, 0.3) is 11.3 Å². The molecule has 2 aromatic rings. The molecule has 1 aliphatic carbocycles. The van der Waals surface area contributed by atoms with Crippen molar-refractivity contribution in [1.29, 1.82) is 0 Å². The highest BCUT2D eigenvalue weighted by Gasteiger charge is 2.31. The van der Waals surface area contributed by atoms with Gasteiger partial charge in [-0.3, -0.25) is 4.79 Å². The minimum atomic E-state index is 0. The third-order valence-electron chi connectivity index (χ3n) is 4.17. The van der Waals surface area contributed by atoms with Gasteiger partial charge in [0.2, 0.25) is 5.91 Å². The summed E-state index contributed by atoms with van der Waals surface area (Å²) < 4.78 is 5.24. The molecule has 118 valence electrons.